The number of hydrogen-bond donors (Lipinski definition) is 0. The van der Waals surface area contributed by atoms with Crippen LogP contribution in [0.4, 0.5) is 8.78 Å². The molecule has 1 heterocycles. The van der Waals surface area contributed by atoms with Crippen LogP contribution in [0.3, 0.4) is 0 Å². The molecule has 0 saturated carbocycles. The fourth-order valence-corrected chi connectivity index (χ4v) is 4.69. The molecule has 1 aliphatic rings. The number of rotatable bonds is 3. The summed E-state index contributed by atoms with van der Waals surface area (Å²) in [5, 5.41) is 0. The Morgan fingerprint density at radius 2 is 1.51 bits per heavy atom. The van der Waals surface area contributed by atoms with Crippen LogP contribution in [0, 0.1) is 11.6 Å². The van der Waals surface area contributed by atoms with E-state index in [4.69, 9.17) is 4.74 Å². The van der Waals surface area contributed by atoms with Crippen LogP contribution in [0.15, 0.2) is 72.8 Å². The average molecular weight is 507 g/mol. The number of carbonyl (C=O) groups is 2. The van der Waals surface area contributed by atoms with E-state index in [-0.39, 0.29) is 12.5 Å². The quantitative estimate of drug-likeness (QED) is 0.455. The molecular formula is C30H32F2N2O3. The van der Waals surface area contributed by atoms with Gasteiger partial charge in [-0.2, -0.15) is 0 Å². The Labute approximate surface area is 216 Å². The molecule has 0 N–H and O–H groups in total. The molecule has 1 aliphatic heterocycles. The number of halogens is 2. The molecule has 5 nitrogen and oxygen atoms in total. The van der Waals surface area contributed by atoms with Gasteiger partial charge in [-0.25, -0.2) is 8.78 Å². The van der Waals surface area contributed by atoms with Gasteiger partial charge in [-0.3, -0.25) is 9.59 Å². The molecule has 3 aromatic carbocycles. The second kappa shape index (κ2) is 12.5. The second-order valence-corrected chi connectivity index (χ2v) is 9.39. The molecule has 3 aromatic rings. The van der Waals surface area contributed by atoms with Crippen molar-refractivity contribution >= 4 is 11.8 Å². The molecule has 0 aliphatic carbocycles. The van der Waals surface area contributed by atoms with Crippen molar-refractivity contribution in [3.63, 3.8) is 0 Å². The lowest BCUT2D eigenvalue weighted by atomic mass is 10.0. The highest BCUT2D eigenvalue weighted by atomic mass is 19.1. The number of para-hydroxylation sites is 1. The van der Waals surface area contributed by atoms with Crippen molar-refractivity contribution in [2.45, 2.75) is 38.1 Å². The highest BCUT2D eigenvalue weighted by Gasteiger charge is 2.30. The first-order valence-electron chi connectivity index (χ1n) is 12.7. The van der Waals surface area contributed by atoms with E-state index < -0.39 is 29.1 Å². The van der Waals surface area contributed by atoms with Crippen LogP contribution in [0.2, 0.25) is 0 Å². The number of carbonyl (C=O) groups excluding carboxylic acids is 2. The number of hydrogen-bond acceptors (Lipinski definition) is 3. The summed E-state index contributed by atoms with van der Waals surface area (Å²) in [5.41, 5.74) is 0.852. The predicted molar refractivity (Wildman–Crippen MR) is 139 cm³/mol. The van der Waals surface area contributed by atoms with Gasteiger partial charge in [-0.1, -0.05) is 61.4 Å². The van der Waals surface area contributed by atoms with Crippen molar-refractivity contribution in [1.29, 1.82) is 0 Å². The largest absolute Gasteiger partial charge is 0.491 e. The Kier molecular flexibility index (Phi) is 8.88. The SMILES string of the molecule is CN1CCCCCCN(C(=O)c2c(F)cccc2F)[C@H](Cc2ccccc2)COc2ccccc2C1=O. The highest BCUT2D eigenvalue weighted by Crippen LogP contribution is 2.24. The summed E-state index contributed by atoms with van der Waals surface area (Å²) in [6, 6.07) is 19.6. The molecule has 0 spiro atoms. The van der Waals surface area contributed by atoms with Gasteiger partial charge in [0.2, 0.25) is 0 Å². The van der Waals surface area contributed by atoms with Crippen molar-refractivity contribution in [3.05, 3.63) is 101 Å². The van der Waals surface area contributed by atoms with Gasteiger partial charge in [0.15, 0.2) is 0 Å². The molecule has 37 heavy (non-hydrogen) atoms. The Morgan fingerprint density at radius 3 is 2.24 bits per heavy atom. The van der Waals surface area contributed by atoms with Gasteiger partial charge in [0.05, 0.1) is 11.6 Å². The zero-order valence-corrected chi connectivity index (χ0v) is 21.0. The minimum absolute atomic E-state index is 0.0602. The monoisotopic (exact) mass is 506 g/mol. The van der Waals surface area contributed by atoms with Crippen molar-refractivity contribution in [1.82, 2.24) is 9.80 Å². The number of nitrogens with zero attached hydrogens (tertiary/aromatic N) is 2. The summed E-state index contributed by atoms with van der Waals surface area (Å²) in [6.45, 7) is 1.00. The second-order valence-electron chi connectivity index (χ2n) is 9.39. The maximum Gasteiger partial charge on any atom is 0.260 e. The first kappa shape index (κ1) is 26.3. The lowest BCUT2D eigenvalue weighted by Crippen LogP contribution is -2.46. The molecule has 7 heteroatoms. The van der Waals surface area contributed by atoms with Crippen LogP contribution in [0.1, 0.15) is 52.0 Å². The summed E-state index contributed by atoms with van der Waals surface area (Å²) < 4.78 is 35.5. The highest BCUT2D eigenvalue weighted by molar-refractivity contribution is 5.97. The van der Waals surface area contributed by atoms with Crippen LogP contribution in [-0.2, 0) is 6.42 Å². The first-order chi connectivity index (χ1) is 18.0. The zero-order chi connectivity index (χ0) is 26.2. The summed E-state index contributed by atoms with van der Waals surface area (Å²) in [7, 11) is 1.78. The van der Waals surface area contributed by atoms with Gasteiger partial charge in [0.1, 0.15) is 29.6 Å². The standard InChI is InChI=1S/C30H32F2N2O3/c1-33-18-9-2-3-10-19-34(30(36)28-25(31)15-11-16-26(28)32)23(20-22-12-5-4-6-13-22)21-37-27-17-8-7-14-24(27)29(33)35/h4-8,11-17,23H,2-3,9-10,18-21H2,1H3/t23-/m1/s1. The first-order valence-corrected chi connectivity index (χ1v) is 12.7. The Bertz CT molecular complexity index is 1200. The van der Waals surface area contributed by atoms with Gasteiger partial charge in [0.25, 0.3) is 11.8 Å². The van der Waals surface area contributed by atoms with E-state index in [1.165, 1.54) is 11.0 Å². The lowest BCUT2D eigenvalue weighted by Gasteiger charge is -2.33. The molecule has 0 fully saturated rings. The van der Waals surface area contributed by atoms with Crippen LogP contribution in [0.25, 0.3) is 0 Å². The molecular weight excluding hydrogens is 474 g/mol. The minimum Gasteiger partial charge on any atom is -0.491 e. The Morgan fingerprint density at radius 1 is 0.865 bits per heavy atom. The summed E-state index contributed by atoms with van der Waals surface area (Å²) >= 11 is 0. The van der Waals surface area contributed by atoms with Gasteiger partial charge in [0, 0.05) is 20.1 Å². The molecule has 0 radical (unpaired) electrons. The molecule has 0 unspecified atom stereocenters. The van der Waals surface area contributed by atoms with E-state index in [0.29, 0.717) is 37.2 Å². The van der Waals surface area contributed by atoms with E-state index in [1.807, 2.05) is 30.3 Å². The summed E-state index contributed by atoms with van der Waals surface area (Å²) in [5.74, 6) is -2.19. The maximum absolute atomic E-state index is 14.7. The average Bonchev–Trinajstić information content (AvgIpc) is 2.90. The number of benzene rings is 3. The van der Waals surface area contributed by atoms with Crippen molar-refractivity contribution < 1.29 is 23.1 Å². The third-order valence-electron chi connectivity index (χ3n) is 6.73. The van der Waals surface area contributed by atoms with Gasteiger partial charge >= 0.3 is 0 Å². The van der Waals surface area contributed by atoms with Crippen LogP contribution in [0.5, 0.6) is 5.75 Å². The fraction of sp³-hybridized carbons (Fsp3) is 0.333. The lowest BCUT2D eigenvalue weighted by molar-refractivity contribution is 0.0590. The van der Waals surface area contributed by atoms with Crippen LogP contribution >= 0.6 is 0 Å². The third-order valence-corrected chi connectivity index (χ3v) is 6.73. The predicted octanol–water partition coefficient (Wildman–Crippen LogP) is 5.74. The normalized spacial score (nSPS) is 17.5. The summed E-state index contributed by atoms with van der Waals surface area (Å²) in [4.78, 5) is 30.0. The zero-order valence-electron chi connectivity index (χ0n) is 21.0. The third kappa shape index (κ3) is 6.53. The molecule has 0 aromatic heterocycles. The Balaban J connectivity index is 1.72. The fourth-order valence-electron chi connectivity index (χ4n) is 4.69. The molecule has 0 saturated heterocycles. The van der Waals surface area contributed by atoms with Crippen molar-refractivity contribution in [2.24, 2.45) is 0 Å². The molecule has 194 valence electrons. The molecule has 1 atom stereocenters. The van der Waals surface area contributed by atoms with Gasteiger partial charge in [-0.05, 0) is 49.1 Å². The van der Waals surface area contributed by atoms with Crippen molar-refractivity contribution in [2.75, 3.05) is 26.7 Å². The molecule has 0 bridgehead atoms. The number of fused-ring (bicyclic) bond motifs is 1. The van der Waals surface area contributed by atoms with E-state index in [2.05, 4.69) is 0 Å². The Hall–Kier alpha value is -3.74. The van der Waals surface area contributed by atoms with Crippen LogP contribution < -0.4 is 4.74 Å². The van der Waals surface area contributed by atoms with E-state index in [1.54, 1.807) is 36.2 Å². The van der Waals surface area contributed by atoms with Crippen molar-refractivity contribution in [3.8, 4) is 5.75 Å². The van der Waals surface area contributed by atoms with Crippen LogP contribution in [-0.4, -0.2) is 54.4 Å². The maximum atomic E-state index is 14.7. The smallest absolute Gasteiger partial charge is 0.260 e. The summed E-state index contributed by atoms with van der Waals surface area (Å²) in [6.07, 6.45) is 3.60. The van der Waals surface area contributed by atoms with E-state index in [0.717, 1.165) is 37.0 Å². The van der Waals surface area contributed by atoms with Gasteiger partial charge < -0.3 is 14.5 Å². The number of amides is 2. The van der Waals surface area contributed by atoms with Gasteiger partial charge in [-0.15, -0.1) is 0 Å². The minimum atomic E-state index is -0.886. The molecule has 4 rings (SSSR count). The number of ether oxygens (including phenoxy) is 1. The van der Waals surface area contributed by atoms with E-state index >= 15 is 0 Å². The van der Waals surface area contributed by atoms with E-state index in [9.17, 15) is 18.4 Å². The topological polar surface area (TPSA) is 49.9 Å². The molecule has 2 amide bonds.